The van der Waals surface area contributed by atoms with Crippen molar-refractivity contribution in [2.45, 2.75) is 58.7 Å². The molecule has 2 amide bonds. The molecule has 0 spiro atoms. The van der Waals surface area contributed by atoms with Crippen LogP contribution in [0.15, 0.2) is 72.8 Å². The molecule has 0 radical (unpaired) electrons. The highest BCUT2D eigenvalue weighted by molar-refractivity contribution is 7.92. The minimum absolute atomic E-state index is 0.0930. The molecule has 0 saturated carbocycles. The normalized spacial score (nSPS) is 12.3. The van der Waals surface area contributed by atoms with Crippen molar-refractivity contribution < 1.29 is 18.0 Å². The Labute approximate surface area is 253 Å². The summed E-state index contributed by atoms with van der Waals surface area (Å²) in [5.41, 5.74) is 2.69. The van der Waals surface area contributed by atoms with Crippen LogP contribution in [-0.2, 0) is 32.6 Å². The molecule has 0 bridgehead atoms. The van der Waals surface area contributed by atoms with E-state index in [1.165, 1.54) is 4.90 Å². The van der Waals surface area contributed by atoms with Crippen LogP contribution in [0.3, 0.4) is 0 Å². The standard InChI is InChI=1S/C31H37Cl2N3O4S/c1-21(2)24-14-16-25(17-15-24)36(41(5,39)40)20-30(37)35(19-26-27(32)12-9-13-28(26)33)29(31(38)34-22(3)4)18-23-10-7-6-8-11-23/h6-17,21-22,29H,18-20H2,1-5H3,(H,34,38)/t29-/m1/s1. The minimum atomic E-state index is -3.86. The van der Waals surface area contributed by atoms with Gasteiger partial charge in [0.05, 0.1) is 11.9 Å². The molecule has 7 nitrogen and oxygen atoms in total. The number of nitrogens with zero attached hydrogens (tertiary/aromatic N) is 2. The summed E-state index contributed by atoms with van der Waals surface area (Å²) in [5, 5.41) is 3.59. The van der Waals surface area contributed by atoms with E-state index in [4.69, 9.17) is 23.2 Å². The summed E-state index contributed by atoms with van der Waals surface area (Å²) < 4.78 is 27.0. The van der Waals surface area contributed by atoms with Gasteiger partial charge in [0.1, 0.15) is 12.6 Å². The molecule has 10 heteroatoms. The molecule has 0 aliphatic rings. The van der Waals surface area contributed by atoms with Crippen molar-refractivity contribution in [3.8, 4) is 0 Å². The number of carbonyl (C=O) groups is 2. The lowest BCUT2D eigenvalue weighted by molar-refractivity contribution is -0.140. The number of amides is 2. The van der Waals surface area contributed by atoms with Crippen LogP contribution in [0, 0.1) is 0 Å². The Morgan fingerprint density at radius 3 is 1.95 bits per heavy atom. The van der Waals surface area contributed by atoms with Gasteiger partial charge >= 0.3 is 0 Å². The first-order valence-electron chi connectivity index (χ1n) is 13.4. The number of benzene rings is 3. The van der Waals surface area contributed by atoms with Gasteiger partial charge in [0.25, 0.3) is 0 Å². The van der Waals surface area contributed by atoms with Gasteiger partial charge in [-0.25, -0.2) is 8.42 Å². The van der Waals surface area contributed by atoms with E-state index in [-0.39, 0.29) is 30.8 Å². The largest absolute Gasteiger partial charge is 0.352 e. The number of hydrogen-bond donors (Lipinski definition) is 1. The van der Waals surface area contributed by atoms with E-state index in [1.807, 2.05) is 70.2 Å². The molecule has 0 unspecified atom stereocenters. The van der Waals surface area contributed by atoms with Crippen LogP contribution in [0.25, 0.3) is 0 Å². The van der Waals surface area contributed by atoms with E-state index in [2.05, 4.69) is 5.32 Å². The SMILES string of the molecule is CC(C)NC(=O)[C@@H](Cc1ccccc1)N(Cc1c(Cl)cccc1Cl)C(=O)CN(c1ccc(C(C)C)cc1)S(C)(=O)=O. The number of carbonyl (C=O) groups excluding carboxylic acids is 2. The first-order chi connectivity index (χ1) is 19.3. The number of nitrogens with one attached hydrogen (secondary N) is 1. The fourth-order valence-corrected chi connectivity index (χ4v) is 5.79. The molecule has 3 aromatic rings. The van der Waals surface area contributed by atoms with Crippen LogP contribution in [0.2, 0.25) is 10.0 Å². The molecule has 0 fully saturated rings. The van der Waals surface area contributed by atoms with Crippen molar-refractivity contribution in [1.29, 1.82) is 0 Å². The van der Waals surface area contributed by atoms with Crippen LogP contribution in [0.1, 0.15) is 50.3 Å². The Morgan fingerprint density at radius 1 is 0.854 bits per heavy atom. The zero-order chi connectivity index (χ0) is 30.3. The van der Waals surface area contributed by atoms with E-state index < -0.39 is 28.5 Å². The van der Waals surface area contributed by atoms with Gasteiger partial charge in [-0.2, -0.15) is 0 Å². The Balaban J connectivity index is 2.09. The van der Waals surface area contributed by atoms with Gasteiger partial charge in [0.15, 0.2) is 0 Å². The molecule has 3 rings (SSSR count). The van der Waals surface area contributed by atoms with Crippen molar-refractivity contribution in [1.82, 2.24) is 10.2 Å². The Kier molecular flexibility index (Phi) is 11.2. The third-order valence-corrected chi connectivity index (χ3v) is 8.47. The van der Waals surface area contributed by atoms with Crippen LogP contribution in [-0.4, -0.2) is 50.0 Å². The third-order valence-electron chi connectivity index (χ3n) is 6.62. The molecule has 0 aromatic heterocycles. The van der Waals surface area contributed by atoms with E-state index in [0.29, 0.717) is 21.3 Å². The third kappa shape index (κ3) is 8.96. The summed E-state index contributed by atoms with van der Waals surface area (Å²) in [4.78, 5) is 29.1. The first kappa shape index (κ1) is 32.4. The van der Waals surface area contributed by atoms with Crippen LogP contribution >= 0.6 is 23.2 Å². The quantitative estimate of drug-likeness (QED) is 0.268. The summed E-state index contributed by atoms with van der Waals surface area (Å²) in [6.07, 6.45) is 1.26. The first-order valence-corrected chi connectivity index (χ1v) is 16.0. The van der Waals surface area contributed by atoms with Gasteiger partial charge in [-0.15, -0.1) is 0 Å². The van der Waals surface area contributed by atoms with Gasteiger partial charge in [-0.05, 0) is 55.2 Å². The van der Waals surface area contributed by atoms with Crippen molar-refractivity contribution in [3.63, 3.8) is 0 Å². The van der Waals surface area contributed by atoms with Gasteiger partial charge in [-0.1, -0.05) is 85.6 Å². The van der Waals surface area contributed by atoms with Gasteiger partial charge < -0.3 is 10.2 Å². The summed E-state index contributed by atoms with van der Waals surface area (Å²) in [6.45, 7) is 7.15. The van der Waals surface area contributed by atoms with Crippen molar-refractivity contribution >= 4 is 50.7 Å². The van der Waals surface area contributed by atoms with Crippen LogP contribution < -0.4 is 9.62 Å². The number of sulfonamides is 1. The van der Waals surface area contributed by atoms with Crippen molar-refractivity contribution in [3.05, 3.63) is 99.5 Å². The molecule has 220 valence electrons. The van der Waals surface area contributed by atoms with Gasteiger partial charge in [0, 0.05) is 34.6 Å². The smallest absolute Gasteiger partial charge is 0.244 e. The molecule has 0 aliphatic carbocycles. The number of halogens is 2. The lowest BCUT2D eigenvalue weighted by Gasteiger charge is -2.34. The second kappa shape index (κ2) is 14.2. The second-order valence-electron chi connectivity index (χ2n) is 10.6. The van der Waals surface area contributed by atoms with Crippen LogP contribution in [0.4, 0.5) is 5.69 Å². The highest BCUT2D eigenvalue weighted by Gasteiger charge is 2.34. The van der Waals surface area contributed by atoms with Crippen molar-refractivity contribution in [2.75, 3.05) is 17.1 Å². The fourth-order valence-electron chi connectivity index (χ4n) is 4.43. The van der Waals surface area contributed by atoms with E-state index in [9.17, 15) is 18.0 Å². The maximum absolute atomic E-state index is 14.2. The average molecular weight is 619 g/mol. The Bertz CT molecular complexity index is 1430. The van der Waals surface area contributed by atoms with Crippen LogP contribution in [0.5, 0.6) is 0 Å². The minimum Gasteiger partial charge on any atom is -0.352 e. The lowest BCUT2D eigenvalue weighted by atomic mass is 10.0. The van der Waals surface area contributed by atoms with Gasteiger partial charge in [-0.3, -0.25) is 13.9 Å². The Hall–Kier alpha value is -3.07. The molecule has 1 atom stereocenters. The molecule has 3 aromatic carbocycles. The van der Waals surface area contributed by atoms with E-state index >= 15 is 0 Å². The molecule has 0 aliphatic heterocycles. The monoisotopic (exact) mass is 617 g/mol. The summed E-state index contributed by atoms with van der Waals surface area (Å²) in [7, 11) is -3.86. The Morgan fingerprint density at radius 2 is 1.44 bits per heavy atom. The van der Waals surface area contributed by atoms with E-state index in [1.54, 1.807) is 30.3 Å². The molecule has 1 N–H and O–H groups in total. The lowest BCUT2D eigenvalue weighted by Crippen LogP contribution is -2.54. The molecular weight excluding hydrogens is 581 g/mol. The number of hydrogen-bond acceptors (Lipinski definition) is 4. The molecule has 0 saturated heterocycles. The molecule has 0 heterocycles. The predicted octanol–water partition coefficient (Wildman–Crippen LogP) is 6.05. The average Bonchev–Trinajstić information content (AvgIpc) is 2.90. The summed E-state index contributed by atoms with van der Waals surface area (Å²) >= 11 is 13.0. The molecular formula is C31H37Cl2N3O4S. The van der Waals surface area contributed by atoms with Crippen molar-refractivity contribution in [2.24, 2.45) is 0 Å². The van der Waals surface area contributed by atoms with E-state index in [0.717, 1.165) is 21.7 Å². The highest BCUT2D eigenvalue weighted by atomic mass is 35.5. The zero-order valence-electron chi connectivity index (χ0n) is 24.0. The predicted molar refractivity (Wildman–Crippen MR) is 167 cm³/mol. The maximum Gasteiger partial charge on any atom is 0.244 e. The second-order valence-corrected chi connectivity index (χ2v) is 13.3. The fraction of sp³-hybridized carbons (Fsp3) is 0.355. The summed E-state index contributed by atoms with van der Waals surface area (Å²) in [5.74, 6) is -0.682. The maximum atomic E-state index is 14.2. The number of rotatable bonds is 12. The molecule has 41 heavy (non-hydrogen) atoms. The number of anilines is 1. The van der Waals surface area contributed by atoms with Gasteiger partial charge in [0.2, 0.25) is 21.8 Å². The topological polar surface area (TPSA) is 86.8 Å². The summed E-state index contributed by atoms with van der Waals surface area (Å²) in [6, 6.07) is 20.3. The zero-order valence-corrected chi connectivity index (χ0v) is 26.3. The highest BCUT2D eigenvalue weighted by Crippen LogP contribution is 2.28.